The van der Waals surface area contributed by atoms with Crippen molar-refractivity contribution >= 4 is 17.7 Å². The molecule has 0 rings (SSSR count). The Hall–Kier alpha value is -0.180. The SMILES string of the molecule is CCCC(SCC(C)CC)C(=O)OCC. The van der Waals surface area contributed by atoms with Crippen molar-refractivity contribution in [3.63, 3.8) is 0 Å². The van der Waals surface area contributed by atoms with Gasteiger partial charge in [0.05, 0.1) is 6.61 Å². The van der Waals surface area contributed by atoms with Crippen LogP contribution in [0.4, 0.5) is 0 Å². The molecule has 2 atom stereocenters. The molecule has 2 nitrogen and oxygen atoms in total. The molecule has 90 valence electrons. The Morgan fingerprint density at radius 1 is 1.33 bits per heavy atom. The number of thioether (sulfide) groups is 1. The molecule has 15 heavy (non-hydrogen) atoms. The predicted octanol–water partition coefficient (Wildman–Crippen LogP) is 3.50. The molecule has 0 aliphatic carbocycles. The molecular weight excluding hydrogens is 208 g/mol. The van der Waals surface area contributed by atoms with E-state index in [0.29, 0.717) is 12.5 Å². The molecule has 0 saturated heterocycles. The van der Waals surface area contributed by atoms with Crippen LogP contribution in [0.2, 0.25) is 0 Å². The molecule has 0 fully saturated rings. The monoisotopic (exact) mass is 232 g/mol. The molecule has 0 radical (unpaired) electrons. The number of rotatable bonds is 8. The van der Waals surface area contributed by atoms with E-state index < -0.39 is 0 Å². The third-order valence-corrected chi connectivity index (χ3v) is 3.97. The highest BCUT2D eigenvalue weighted by Crippen LogP contribution is 2.21. The smallest absolute Gasteiger partial charge is 0.319 e. The highest BCUT2D eigenvalue weighted by molar-refractivity contribution is 8.00. The van der Waals surface area contributed by atoms with Crippen LogP contribution >= 0.6 is 11.8 Å². The van der Waals surface area contributed by atoms with Gasteiger partial charge in [0.1, 0.15) is 5.25 Å². The lowest BCUT2D eigenvalue weighted by molar-refractivity contribution is -0.142. The zero-order chi connectivity index (χ0) is 11.7. The fourth-order valence-corrected chi connectivity index (χ4v) is 2.57. The Morgan fingerprint density at radius 3 is 2.47 bits per heavy atom. The zero-order valence-electron chi connectivity index (χ0n) is 10.4. The molecular formula is C12H24O2S. The second kappa shape index (κ2) is 9.08. The van der Waals surface area contributed by atoms with Crippen LogP contribution in [-0.4, -0.2) is 23.6 Å². The van der Waals surface area contributed by atoms with Crippen molar-refractivity contribution in [1.29, 1.82) is 0 Å². The fourth-order valence-electron chi connectivity index (χ4n) is 1.16. The Kier molecular flexibility index (Phi) is 8.97. The van der Waals surface area contributed by atoms with Gasteiger partial charge in [0.15, 0.2) is 0 Å². The summed E-state index contributed by atoms with van der Waals surface area (Å²) in [6.07, 6.45) is 3.14. The molecule has 0 bridgehead atoms. The lowest BCUT2D eigenvalue weighted by atomic mass is 10.2. The summed E-state index contributed by atoms with van der Waals surface area (Å²) < 4.78 is 5.06. The number of hydrogen-bond acceptors (Lipinski definition) is 3. The van der Waals surface area contributed by atoms with Gasteiger partial charge in [-0.25, -0.2) is 0 Å². The number of ether oxygens (including phenoxy) is 1. The van der Waals surface area contributed by atoms with Crippen molar-refractivity contribution in [1.82, 2.24) is 0 Å². The molecule has 0 N–H and O–H groups in total. The molecule has 0 aromatic carbocycles. The number of hydrogen-bond donors (Lipinski definition) is 0. The van der Waals surface area contributed by atoms with Crippen molar-refractivity contribution in [2.75, 3.05) is 12.4 Å². The van der Waals surface area contributed by atoms with E-state index in [0.717, 1.165) is 18.6 Å². The topological polar surface area (TPSA) is 26.3 Å². The van der Waals surface area contributed by atoms with Gasteiger partial charge in [0, 0.05) is 0 Å². The van der Waals surface area contributed by atoms with Crippen LogP contribution < -0.4 is 0 Å². The van der Waals surface area contributed by atoms with Crippen LogP contribution in [0.3, 0.4) is 0 Å². The second-order valence-corrected chi connectivity index (χ2v) is 5.11. The van der Waals surface area contributed by atoms with Crippen LogP contribution in [-0.2, 0) is 9.53 Å². The largest absolute Gasteiger partial charge is 0.465 e. The third kappa shape index (κ3) is 6.82. The molecule has 0 aliphatic rings. The van der Waals surface area contributed by atoms with Crippen LogP contribution in [0.5, 0.6) is 0 Å². The minimum absolute atomic E-state index is 0.0346. The summed E-state index contributed by atoms with van der Waals surface area (Å²) in [7, 11) is 0. The lowest BCUT2D eigenvalue weighted by Crippen LogP contribution is -2.21. The molecule has 0 amide bonds. The van der Waals surface area contributed by atoms with Crippen LogP contribution in [0.1, 0.15) is 47.0 Å². The molecule has 0 saturated carbocycles. The minimum Gasteiger partial charge on any atom is -0.465 e. The first kappa shape index (κ1) is 14.8. The van der Waals surface area contributed by atoms with Crippen LogP contribution in [0.15, 0.2) is 0 Å². The van der Waals surface area contributed by atoms with E-state index in [9.17, 15) is 4.79 Å². The standard InChI is InChI=1S/C12H24O2S/c1-5-8-11(12(13)14-7-3)15-9-10(4)6-2/h10-11H,5-9H2,1-4H3. The quantitative estimate of drug-likeness (QED) is 0.599. The number of carbonyl (C=O) groups excluding carboxylic acids is 1. The first-order chi connectivity index (χ1) is 7.15. The third-order valence-electron chi connectivity index (χ3n) is 2.38. The van der Waals surface area contributed by atoms with Crippen LogP contribution in [0.25, 0.3) is 0 Å². The summed E-state index contributed by atoms with van der Waals surface area (Å²) in [4.78, 5) is 11.6. The summed E-state index contributed by atoms with van der Waals surface area (Å²) >= 11 is 1.75. The molecule has 0 heterocycles. The maximum absolute atomic E-state index is 11.6. The summed E-state index contributed by atoms with van der Waals surface area (Å²) in [5.74, 6) is 1.71. The van der Waals surface area contributed by atoms with E-state index in [1.54, 1.807) is 11.8 Å². The van der Waals surface area contributed by atoms with Crippen molar-refractivity contribution in [2.45, 2.75) is 52.2 Å². The zero-order valence-corrected chi connectivity index (χ0v) is 11.2. The second-order valence-electron chi connectivity index (χ2n) is 3.88. The summed E-state index contributed by atoms with van der Waals surface area (Å²) in [6.45, 7) is 8.87. The van der Waals surface area contributed by atoms with Crippen LogP contribution in [0, 0.1) is 5.92 Å². The summed E-state index contributed by atoms with van der Waals surface area (Å²) in [5, 5.41) is 0.0453. The van der Waals surface area contributed by atoms with Crippen molar-refractivity contribution in [3.8, 4) is 0 Å². The van der Waals surface area contributed by atoms with E-state index in [-0.39, 0.29) is 11.2 Å². The Morgan fingerprint density at radius 2 is 2.00 bits per heavy atom. The number of carbonyl (C=O) groups is 1. The molecule has 0 spiro atoms. The van der Waals surface area contributed by atoms with Gasteiger partial charge in [0.25, 0.3) is 0 Å². The molecule has 0 aromatic heterocycles. The number of esters is 1. The van der Waals surface area contributed by atoms with Gasteiger partial charge in [-0.2, -0.15) is 0 Å². The van der Waals surface area contributed by atoms with Gasteiger partial charge in [-0.3, -0.25) is 4.79 Å². The average molecular weight is 232 g/mol. The van der Waals surface area contributed by atoms with Crippen molar-refractivity contribution < 1.29 is 9.53 Å². The Bertz CT molecular complexity index is 171. The predicted molar refractivity (Wildman–Crippen MR) is 67.2 cm³/mol. The highest BCUT2D eigenvalue weighted by Gasteiger charge is 2.19. The Labute approximate surface area is 98.2 Å². The van der Waals surface area contributed by atoms with Crippen molar-refractivity contribution in [3.05, 3.63) is 0 Å². The van der Waals surface area contributed by atoms with E-state index >= 15 is 0 Å². The molecule has 2 unspecified atom stereocenters. The maximum Gasteiger partial charge on any atom is 0.319 e. The van der Waals surface area contributed by atoms with E-state index in [1.807, 2.05) is 6.92 Å². The molecule has 3 heteroatoms. The van der Waals surface area contributed by atoms with Gasteiger partial charge >= 0.3 is 5.97 Å². The van der Waals surface area contributed by atoms with Crippen molar-refractivity contribution in [2.24, 2.45) is 5.92 Å². The maximum atomic E-state index is 11.6. The molecule has 0 aliphatic heterocycles. The Balaban J connectivity index is 3.97. The van der Waals surface area contributed by atoms with Gasteiger partial charge in [-0.05, 0) is 25.0 Å². The van der Waals surface area contributed by atoms with E-state index in [4.69, 9.17) is 4.74 Å². The van der Waals surface area contributed by atoms with Gasteiger partial charge < -0.3 is 4.74 Å². The normalized spacial score (nSPS) is 14.7. The average Bonchev–Trinajstić information content (AvgIpc) is 2.23. The summed E-state index contributed by atoms with van der Waals surface area (Å²) in [5.41, 5.74) is 0. The first-order valence-electron chi connectivity index (χ1n) is 5.93. The fraction of sp³-hybridized carbons (Fsp3) is 0.917. The highest BCUT2D eigenvalue weighted by atomic mass is 32.2. The first-order valence-corrected chi connectivity index (χ1v) is 6.98. The van der Waals surface area contributed by atoms with Gasteiger partial charge in [-0.15, -0.1) is 11.8 Å². The molecule has 0 aromatic rings. The van der Waals surface area contributed by atoms with E-state index in [2.05, 4.69) is 20.8 Å². The minimum atomic E-state index is -0.0346. The van der Waals surface area contributed by atoms with E-state index in [1.165, 1.54) is 6.42 Å². The van der Waals surface area contributed by atoms with Gasteiger partial charge in [-0.1, -0.05) is 33.6 Å². The lowest BCUT2D eigenvalue weighted by Gasteiger charge is -2.16. The van der Waals surface area contributed by atoms with Gasteiger partial charge in [0.2, 0.25) is 0 Å². The summed E-state index contributed by atoms with van der Waals surface area (Å²) in [6, 6.07) is 0.